The van der Waals surface area contributed by atoms with Gasteiger partial charge < -0.3 is 5.32 Å². The lowest BCUT2D eigenvalue weighted by Gasteiger charge is -2.27. The lowest BCUT2D eigenvalue weighted by Crippen LogP contribution is -2.25. The van der Waals surface area contributed by atoms with Crippen LogP contribution in [0.1, 0.15) is 46.1 Å². The number of nitrogens with one attached hydrogen (secondary N) is 1. The third-order valence-electron chi connectivity index (χ3n) is 6.23. The van der Waals surface area contributed by atoms with Crippen molar-refractivity contribution in [3.8, 4) is 22.5 Å². The van der Waals surface area contributed by atoms with Crippen molar-refractivity contribution in [2.45, 2.75) is 40.5 Å². The first-order valence-electron chi connectivity index (χ1n) is 11.2. The van der Waals surface area contributed by atoms with Gasteiger partial charge in [0.1, 0.15) is 5.82 Å². The molecule has 168 valence electrons. The number of allylic oxidation sites excluding steroid dienone is 2. The van der Waals surface area contributed by atoms with E-state index in [1.165, 1.54) is 0 Å². The average Bonchev–Trinajstić information content (AvgIpc) is 3.26. The SMILES string of the molecule is C/C=C(\C=N/C)c1cccc(-c2ncc(-c3cnn(C)c3)c(NCC(C)(CC)CC)n2)c1. The molecule has 0 spiro atoms. The molecule has 0 aliphatic heterocycles. The van der Waals surface area contributed by atoms with E-state index in [2.05, 4.69) is 54.4 Å². The van der Waals surface area contributed by atoms with E-state index in [4.69, 9.17) is 9.97 Å². The van der Waals surface area contributed by atoms with Crippen LogP contribution in [0.5, 0.6) is 0 Å². The van der Waals surface area contributed by atoms with Crippen LogP contribution in [0, 0.1) is 5.41 Å². The molecule has 0 fully saturated rings. The minimum atomic E-state index is 0.206. The van der Waals surface area contributed by atoms with Gasteiger partial charge in [-0.25, -0.2) is 9.97 Å². The van der Waals surface area contributed by atoms with Crippen molar-refractivity contribution in [3.05, 3.63) is 54.5 Å². The largest absolute Gasteiger partial charge is 0.369 e. The lowest BCUT2D eigenvalue weighted by atomic mass is 9.85. The zero-order valence-electron chi connectivity index (χ0n) is 20.1. The van der Waals surface area contributed by atoms with E-state index in [0.717, 1.165) is 53.0 Å². The monoisotopic (exact) mass is 430 g/mol. The van der Waals surface area contributed by atoms with Gasteiger partial charge in [-0.2, -0.15) is 5.10 Å². The summed E-state index contributed by atoms with van der Waals surface area (Å²) in [6.07, 6.45) is 11.9. The quantitative estimate of drug-likeness (QED) is 0.430. The number of nitrogens with zero attached hydrogens (tertiary/aromatic N) is 5. The summed E-state index contributed by atoms with van der Waals surface area (Å²) in [6.45, 7) is 9.65. The molecule has 1 aromatic carbocycles. The van der Waals surface area contributed by atoms with Crippen LogP contribution in [0.4, 0.5) is 5.82 Å². The molecule has 0 aliphatic rings. The highest BCUT2D eigenvalue weighted by Gasteiger charge is 2.21. The Hall–Kier alpha value is -3.28. The van der Waals surface area contributed by atoms with Crippen molar-refractivity contribution in [2.24, 2.45) is 17.5 Å². The van der Waals surface area contributed by atoms with Gasteiger partial charge in [-0.15, -0.1) is 0 Å². The summed E-state index contributed by atoms with van der Waals surface area (Å²) in [5, 5.41) is 7.95. The van der Waals surface area contributed by atoms with E-state index in [0.29, 0.717) is 5.82 Å². The summed E-state index contributed by atoms with van der Waals surface area (Å²) < 4.78 is 1.80. The minimum Gasteiger partial charge on any atom is -0.369 e. The molecule has 0 amide bonds. The van der Waals surface area contributed by atoms with Gasteiger partial charge in [0.05, 0.1) is 6.20 Å². The molecule has 0 saturated carbocycles. The second-order valence-corrected chi connectivity index (χ2v) is 8.44. The number of benzene rings is 1. The Morgan fingerprint density at radius 1 is 1.19 bits per heavy atom. The summed E-state index contributed by atoms with van der Waals surface area (Å²) in [4.78, 5) is 13.8. The van der Waals surface area contributed by atoms with Gasteiger partial charge in [0, 0.05) is 55.9 Å². The van der Waals surface area contributed by atoms with Gasteiger partial charge >= 0.3 is 0 Å². The molecule has 6 heteroatoms. The number of hydrogen-bond acceptors (Lipinski definition) is 5. The van der Waals surface area contributed by atoms with Crippen molar-refractivity contribution >= 4 is 17.6 Å². The zero-order chi connectivity index (χ0) is 23.1. The van der Waals surface area contributed by atoms with Crippen molar-refractivity contribution in [3.63, 3.8) is 0 Å². The van der Waals surface area contributed by atoms with E-state index >= 15 is 0 Å². The van der Waals surface area contributed by atoms with Crippen LogP contribution in [-0.4, -0.2) is 39.6 Å². The maximum absolute atomic E-state index is 4.96. The van der Waals surface area contributed by atoms with Crippen molar-refractivity contribution < 1.29 is 0 Å². The average molecular weight is 431 g/mol. The Kier molecular flexibility index (Phi) is 7.57. The number of aromatic nitrogens is 4. The van der Waals surface area contributed by atoms with Crippen LogP contribution < -0.4 is 5.32 Å². The normalized spacial score (nSPS) is 12.5. The fraction of sp³-hybridized carbons (Fsp3) is 0.385. The number of aryl methyl sites for hydroxylation is 1. The first-order chi connectivity index (χ1) is 15.4. The van der Waals surface area contributed by atoms with Gasteiger partial charge in [-0.05, 0) is 42.4 Å². The van der Waals surface area contributed by atoms with Gasteiger partial charge in [0.15, 0.2) is 5.82 Å². The molecule has 0 radical (unpaired) electrons. The molecule has 2 heterocycles. The predicted molar refractivity (Wildman–Crippen MR) is 135 cm³/mol. The van der Waals surface area contributed by atoms with Crippen LogP contribution >= 0.6 is 0 Å². The molecule has 0 unspecified atom stereocenters. The Balaban J connectivity index is 2.03. The Morgan fingerprint density at radius 3 is 2.59 bits per heavy atom. The van der Waals surface area contributed by atoms with Gasteiger partial charge in [0.25, 0.3) is 0 Å². The molecular formula is C26H34N6. The third kappa shape index (κ3) is 5.31. The van der Waals surface area contributed by atoms with Crippen molar-refractivity contribution in [1.29, 1.82) is 0 Å². The third-order valence-corrected chi connectivity index (χ3v) is 6.23. The van der Waals surface area contributed by atoms with Crippen LogP contribution in [0.2, 0.25) is 0 Å². The second kappa shape index (κ2) is 10.4. The molecule has 6 nitrogen and oxygen atoms in total. The topological polar surface area (TPSA) is 68.0 Å². The van der Waals surface area contributed by atoms with Gasteiger partial charge in [-0.3, -0.25) is 9.67 Å². The smallest absolute Gasteiger partial charge is 0.161 e. The van der Waals surface area contributed by atoms with Crippen LogP contribution in [0.3, 0.4) is 0 Å². The standard InChI is InChI=1S/C26H34N6/c1-7-19(14-27-5)20-11-10-12-21(13-20)24-28-16-23(22-15-30-32(6)17-22)25(31-24)29-18-26(4,8-2)9-3/h7,10-17H,8-9,18H2,1-6H3,(H,28,29,31)/b19-7+,27-14-. The Morgan fingerprint density at radius 2 is 1.97 bits per heavy atom. The fourth-order valence-corrected chi connectivity index (χ4v) is 3.52. The summed E-state index contributed by atoms with van der Waals surface area (Å²) in [7, 11) is 3.70. The van der Waals surface area contributed by atoms with E-state index in [9.17, 15) is 0 Å². The molecule has 1 N–H and O–H groups in total. The highest BCUT2D eigenvalue weighted by Crippen LogP contribution is 2.31. The van der Waals surface area contributed by atoms with Crippen molar-refractivity contribution in [1.82, 2.24) is 19.7 Å². The van der Waals surface area contributed by atoms with E-state index < -0.39 is 0 Å². The Labute approximate surface area is 191 Å². The molecule has 0 saturated heterocycles. The summed E-state index contributed by atoms with van der Waals surface area (Å²) >= 11 is 0. The maximum Gasteiger partial charge on any atom is 0.161 e. The summed E-state index contributed by atoms with van der Waals surface area (Å²) in [5.74, 6) is 1.53. The summed E-state index contributed by atoms with van der Waals surface area (Å²) in [6, 6.07) is 8.28. The van der Waals surface area contributed by atoms with Gasteiger partial charge in [-0.1, -0.05) is 45.0 Å². The van der Waals surface area contributed by atoms with Crippen LogP contribution in [0.25, 0.3) is 28.1 Å². The number of aliphatic imine (C=N–C) groups is 1. The zero-order valence-corrected chi connectivity index (χ0v) is 20.1. The Bertz CT molecular complexity index is 1110. The first-order valence-corrected chi connectivity index (χ1v) is 11.2. The maximum atomic E-state index is 4.96. The number of rotatable bonds is 9. The minimum absolute atomic E-state index is 0.206. The highest BCUT2D eigenvalue weighted by atomic mass is 15.2. The first kappa shape index (κ1) is 23.4. The lowest BCUT2D eigenvalue weighted by molar-refractivity contribution is 0.320. The predicted octanol–water partition coefficient (Wildman–Crippen LogP) is 5.89. The van der Waals surface area contributed by atoms with E-state index in [-0.39, 0.29) is 5.41 Å². The van der Waals surface area contributed by atoms with Crippen LogP contribution in [-0.2, 0) is 7.05 Å². The number of hydrogen-bond donors (Lipinski definition) is 1. The second-order valence-electron chi connectivity index (χ2n) is 8.44. The highest BCUT2D eigenvalue weighted by molar-refractivity contribution is 6.09. The molecule has 0 bridgehead atoms. The number of anilines is 1. The van der Waals surface area contributed by atoms with Gasteiger partial charge in [0.2, 0.25) is 0 Å². The van der Waals surface area contributed by atoms with Crippen molar-refractivity contribution in [2.75, 3.05) is 18.9 Å². The molecule has 3 rings (SSSR count). The molecular weight excluding hydrogens is 396 g/mol. The molecule has 32 heavy (non-hydrogen) atoms. The molecule has 3 aromatic rings. The fourth-order valence-electron chi connectivity index (χ4n) is 3.52. The van der Waals surface area contributed by atoms with E-state index in [1.54, 1.807) is 11.7 Å². The van der Waals surface area contributed by atoms with Crippen LogP contribution in [0.15, 0.2) is 53.9 Å². The molecule has 2 aromatic heterocycles. The van der Waals surface area contributed by atoms with E-state index in [1.807, 2.05) is 50.9 Å². The molecule has 0 atom stereocenters. The molecule has 0 aliphatic carbocycles. The summed E-state index contributed by atoms with van der Waals surface area (Å²) in [5.41, 5.74) is 5.30.